The van der Waals surface area contributed by atoms with Crippen molar-refractivity contribution in [3.63, 3.8) is 0 Å². The van der Waals surface area contributed by atoms with Crippen LogP contribution in [0.3, 0.4) is 0 Å². The molecular formula is C9H14O6. The average molecular weight is 218 g/mol. The van der Waals surface area contributed by atoms with Gasteiger partial charge in [-0.3, -0.25) is 0 Å². The second-order valence-electron chi connectivity index (χ2n) is 4.42. The Morgan fingerprint density at radius 1 is 0.733 bits per heavy atom. The van der Waals surface area contributed by atoms with Gasteiger partial charge in [0.05, 0.1) is 12.2 Å². The molecular weight excluding hydrogens is 204 g/mol. The maximum absolute atomic E-state index is 9.92. The molecule has 0 aromatic rings. The van der Waals surface area contributed by atoms with Crippen LogP contribution >= 0.6 is 0 Å². The van der Waals surface area contributed by atoms with E-state index in [-0.39, 0.29) is 5.92 Å². The molecule has 0 aromatic carbocycles. The molecule has 4 fully saturated rings. The summed E-state index contributed by atoms with van der Waals surface area (Å²) in [5.41, 5.74) is 0. The zero-order chi connectivity index (χ0) is 10.7. The summed E-state index contributed by atoms with van der Waals surface area (Å²) in [6.07, 6.45) is -4.81. The molecule has 6 nitrogen and oxygen atoms in total. The van der Waals surface area contributed by atoms with E-state index in [1.807, 2.05) is 0 Å². The molecule has 0 radical (unpaired) electrons. The first-order valence-corrected chi connectivity index (χ1v) is 5.10. The molecule has 3 heterocycles. The maximum atomic E-state index is 9.92. The predicted molar refractivity (Wildman–Crippen MR) is 45.6 cm³/mol. The number of rotatable bonds is 0. The average Bonchev–Trinajstić information content (AvgIpc) is 2.34. The SMILES string of the molecule is CC1C(O)C2OC3OC1C(O)C(O3)C2O. The lowest BCUT2D eigenvalue weighted by Gasteiger charge is -2.44. The summed E-state index contributed by atoms with van der Waals surface area (Å²) in [7, 11) is 0. The monoisotopic (exact) mass is 218 g/mol. The quantitative estimate of drug-likeness (QED) is 0.444. The van der Waals surface area contributed by atoms with Gasteiger partial charge in [-0.2, -0.15) is 0 Å². The molecule has 1 saturated carbocycles. The Morgan fingerprint density at radius 3 is 1.87 bits per heavy atom. The molecule has 4 bridgehead atoms. The third-order valence-corrected chi connectivity index (χ3v) is 3.54. The summed E-state index contributed by atoms with van der Waals surface area (Å²) in [6, 6.07) is 0. The smallest absolute Gasteiger partial charge is 0.272 e. The van der Waals surface area contributed by atoms with Crippen LogP contribution in [0.5, 0.6) is 0 Å². The van der Waals surface area contributed by atoms with Crippen molar-refractivity contribution in [3.05, 3.63) is 0 Å². The van der Waals surface area contributed by atoms with E-state index in [1.165, 1.54) is 0 Å². The lowest BCUT2D eigenvalue weighted by molar-refractivity contribution is -0.422. The van der Waals surface area contributed by atoms with E-state index < -0.39 is 43.1 Å². The fourth-order valence-corrected chi connectivity index (χ4v) is 2.59. The van der Waals surface area contributed by atoms with Crippen molar-refractivity contribution < 1.29 is 29.5 Å². The minimum absolute atomic E-state index is 0.293. The van der Waals surface area contributed by atoms with Crippen molar-refractivity contribution in [1.82, 2.24) is 0 Å². The summed E-state index contributed by atoms with van der Waals surface area (Å²) in [5, 5.41) is 29.7. The zero-order valence-electron chi connectivity index (χ0n) is 8.19. The number of fused-ring (bicyclic) bond motifs is 1. The Bertz CT molecular complexity index is 239. The molecule has 3 saturated heterocycles. The molecule has 15 heavy (non-hydrogen) atoms. The fraction of sp³-hybridized carbons (Fsp3) is 1.00. The summed E-state index contributed by atoms with van der Waals surface area (Å²) in [6.45, 7) is 0.883. The molecule has 3 aliphatic heterocycles. The van der Waals surface area contributed by atoms with Crippen LogP contribution in [0.1, 0.15) is 6.92 Å². The summed E-state index contributed by atoms with van der Waals surface area (Å²) in [4.78, 5) is 0. The molecule has 6 heteroatoms. The topological polar surface area (TPSA) is 88.4 Å². The molecule has 1 aliphatic carbocycles. The van der Waals surface area contributed by atoms with Gasteiger partial charge in [0, 0.05) is 5.92 Å². The Labute approximate surface area is 86.4 Å². The molecule has 4 aliphatic rings. The maximum Gasteiger partial charge on any atom is 0.272 e. The number of hydrogen-bond acceptors (Lipinski definition) is 6. The largest absolute Gasteiger partial charge is 0.390 e. The van der Waals surface area contributed by atoms with Crippen LogP contribution in [0.15, 0.2) is 0 Å². The van der Waals surface area contributed by atoms with E-state index in [4.69, 9.17) is 14.2 Å². The lowest BCUT2D eigenvalue weighted by atomic mass is 9.94. The minimum Gasteiger partial charge on any atom is -0.390 e. The predicted octanol–water partition coefficient (Wildman–Crippen LogP) is -1.81. The highest BCUT2D eigenvalue weighted by Gasteiger charge is 2.58. The van der Waals surface area contributed by atoms with Gasteiger partial charge in [0.25, 0.3) is 6.48 Å². The second-order valence-corrected chi connectivity index (χ2v) is 4.42. The van der Waals surface area contributed by atoms with Crippen LogP contribution in [0.4, 0.5) is 0 Å². The highest BCUT2D eigenvalue weighted by atomic mass is 16.9. The first-order chi connectivity index (χ1) is 7.09. The van der Waals surface area contributed by atoms with Gasteiger partial charge in [-0.05, 0) is 0 Å². The molecule has 0 amide bonds. The zero-order valence-corrected chi connectivity index (χ0v) is 8.19. The van der Waals surface area contributed by atoms with Gasteiger partial charge < -0.3 is 29.5 Å². The van der Waals surface area contributed by atoms with E-state index in [9.17, 15) is 15.3 Å². The third kappa shape index (κ3) is 1.20. The number of aliphatic hydroxyl groups is 3. The van der Waals surface area contributed by atoms with Crippen molar-refractivity contribution in [1.29, 1.82) is 0 Å². The Kier molecular flexibility index (Phi) is 2.08. The van der Waals surface area contributed by atoms with E-state index >= 15 is 0 Å². The van der Waals surface area contributed by atoms with Crippen molar-refractivity contribution >= 4 is 0 Å². The van der Waals surface area contributed by atoms with Crippen molar-refractivity contribution in [2.75, 3.05) is 0 Å². The van der Waals surface area contributed by atoms with Gasteiger partial charge in [0.15, 0.2) is 0 Å². The van der Waals surface area contributed by atoms with Gasteiger partial charge >= 0.3 is 0 Å². The van der Waals surface area contributed by atoms with Crippen LogP contribution in [-0.2, 0) is 14.2 Å². The molecule has 4 rings (SSSR count). The summed E-state index contributed by atoms with van der Waals surface area (Å²) in [5.74, 6) is -0.293. The van der Waals surface area contributed by atoms with Crippen molar-refractivity contribution in [3.8, 4) is 0 Å². The van der Waals surface area contributed by atoms with Crippen molar-refractivity contribution in [2.45, 2.75) is 50.0 Å². The Morgan fingerprint density at radius 2 is 1.20 bits per heavy atom. The highest BCUT2D eigenvalue weighted by molar-refractivity contribution is 5.02. The van der Waals surface area contributed by atoms with Crippen LogP contribution in [-0.4, -0.2) is 58.4 Å². The lowest BCUT2D eigenvalue weighted by Crippen LogP contribution is -2.61. The van der Waals surface area contributed by atoms with Crippen LogP contribution in [0.25, 0.3) is 0 Å². The third-order valence-electron chi connectivity index (χ3n) is 3.54. The van der Waals surface area contributed by atoms with E-state index in [1.54, 1.807) is 6.92 Å². The first kappa shape index (κ1) is 9.95. The first-order valence-electron chi connectivity index (χ1n) is 5.10. The summed E-state index contributed by atoms with van der Waals surface area (Å²) < 4.78 is 15.7. The molecule has 8 atom stereocenters. The number of hydrogen-bond donors (Lipinski definition) is 3. The van der Waals surface area contributed by atoms with E-state index in [2.05, 4.69) is 0 Å². The van der Waals surface area contributed by atoms with Gasteiger partial charge in [-0.1, -0.05) is 6.92 Å². The van der Waals surface area contributed by atoms with Gasteiger partial charge in [0.1, 0.15) is 24.4 Å². The van der Waals surface area contributed by atoms with E-state index in [0.29, 0.717) is 0 Å². The van der Waals surface area contributed by atoms with Crippen LogP contribution < -0.4 is 0 Å². The molecule has 3 N–H and O–H groups in total. The number of aliphatic hydroxyl groups excluding tert-OH is 3. The molecule has 0 spiro atoms. The standard InChI is InChI=1S/C9H14O6/c1-2-3(10)7-5(12)8-4(11)6(2)13-9(14-7)15-8/h2-12H,1H3. The molecule has 86 valence electrons. The molecule has 8 unspecified atom stereocenters. The minimum atomic E-state index is -1.01. The Balaban J connectivity index is 2.02. The Hall–Kier alpha value is -0.240. The summed E-state index contributed by atoms with van der Waals surface area (Å²) >= 11 is 0. The van der Waals surface area contributed by atoms with Crippen molar-refractivity contribution in [2.24, 2.45) is 5.92 Å². The number of ether oxygens (including phenoxy) is 3. The normalized spacial score (nSPS) is 63.2. The highest BCUT2D eigenvalue weighted by Crippen LogP contribution is 2.40. The van der Waals surface area contributed by atoms with Gasteiger partial charge in [-0.15, -0.1) is 0 Å². The van der Waals surface area contributed by atoms with Crippen LogP contribution in [0.2, 0.25) is 0 Å². The van der Waals surface area contributed by atoms with Crippen LogP contribution in [0, 0.1) is 5.92 Å². The van der Waals surface area contributed by atoms with E-state index in [0.717, 1.165) is 0 Å². The fourth-order valence-electron chi connectivity index (χ4n) is 2.59. The molecule has 0 aromatic heterocycles. The van der Waals surface area contributed by atoms with Gasteiger partial charge in [-0.25, -0.2) is 0 Å². The second kappa shape index (κ2) is 3.13. The van der Waals surface area contributed by atoms with Gasteiger partial charge in [0.2, 0.25) is 0 Å².